The normalized spacial score (nSPS) is 19.8. The average molecular weight is 281 g/mol. The molecule has 0 bridgehead atoms. The van der Waals surface area contributed by atoms with Gasteiger partial charge in [-0.3, -0.25) is 4.79 Å². The smallest absolute Gasteiger partial charge is 0.243 e. The molecule has 1 aromatic rings. The minimum absolute atomic E-state index is 0.111. The van der Waals surface area contributed by atoms with Gasteiger partial charge in [0.15, 0.2) is 5.13 Å². The fraction of sp³-hybridized carbons (Fsp3) is 0.714. The molecule has 2 rings (SSSR count). The van der Waals surface area contributed by atoms with Crippen LogP contribution in [-0.2, 0) is 17.6 Å². The SMILES string of the molecule is CCCC(N)C(=O)Nc1nc2c(s1)CC(CC)CC2. The zero-order valence-corrected chi connectivity index (χ0v) is 12.6. The van der Waals surface area contributed by atoms with Crippen molar-refractivity contribution >= 4 is 22.4 Å². The summed E-state index contributed by atoms with van der Waals surface area (Å²) in [6.07, 6.45) is 6.23. The highest BCUT2D eigenvalue weighted by molar-refractivity contribution is 7.15. The summed E-state index contributed by atoms with van der Waals surface area (Å²) in [6, 6.07) is -0.422. The largest absolute Gasteiger partial charge is 0.320 e. The third kappa shape index (κ3) is 3.54. The van der Waals surface area contributed by atoms with Crippen LogP contribution in [0.3, 0.4) is 0 Å². The van der Waals surface area contributed by atoms with E-state index in [1.165, 1.54) is 23.4 Å². The Morgan fingerprint density at radius 2 is 2.37 bits per heavy atom. The number of thiazole rings is 1. The summed E-state index contributed by atoms with van der Waals surface area (Å²) in [7, 11) is 0. The lowest BCUT2D eigenvalue weighted by molar-refractivity contribution is -0.117. The third-order valence-electron chi connectivity index (χ3n) is 3.79. The number of aromatic nitrogens is 1. The predicted molar refractivity (Wildman–Crippen MR) is 79.4 cm³/mol. The molecule has 1 amide bonds. The van der Waals surface area contributed by atoms with Gasteiger partial charge in [-0.15, -0.1) is 11.3 Å². The molecule has 2 unspecified atom stereocenters. The van der Waals surface area contributed by atoms with Crippen LogP contribution in [-0.4, -0.2) is 16.9 Å². The van der Waals surface area contributed by atoms with Crippen LogP contribution in [0, 0.1) is 5.92 Å². The fourth-order valence-electron chi connectivity index (χ4n) is 2.49. The summed E-state index contributed by atoms with van der Waals surface area (Å²) < 4.78 is 0. The van der Waals surface area contributed by atoms with Gasteiger partial charge in [-0.25, -0.2) is 4.98 Å². The molecule has 0 saturated heterocycles. The van der Waals surface area contributed by atoms with Crippen molar-refractivity contribution in [3.8, 4) is 0 Å². The lowest BCUT2D eigenvalue weighted by Crippen LogP contribution is -2.35. The number of nitrogens with zero attached hydrogens (tertiary/aromatic N) is 1. The fourth-order valence-corrected chi connectivity index (χ4v) is 3.61. The first kappa shape index (κ1) is 14.5. The second-order valence-electron chi connectivity index (χ2n) is 5.29. The minimum Gasteiger partial charge on any atom is -0.320 e. The van der Waals surface area contributed by atoms with E-state index in [1.54, 1.807) is 11.3 Å². The number of nitrogens with two attached hydrogens (primary N) is 1. The monoisotopic (exact) mass is 281 g/mol. The molecule has 4 nitrogen and oxygen atoms in total. The van der Waals surface area contributed by atoms with Crippen molar-refractivity contribution in [1.82, 2.24) is 4.98 Å². The molecule has 106 valence electrons. The molecule has 1 aromatic heterocycles. The number of carbonyl (C=O) groups is 1. The number of hydrogen-bond acceptors (Lipinski definition) is 4. The maximum atomic E-state index is 11.9. The molecule has 19 heavy (non-hydrogen) atoms. The topological polar surface area (TPSA) is 68.0 Å². The van der Waals surface area contributed by atoms with E-state index in [0.717, 1.165) is 36.7 Å². The number of fused-ring (bicyclic) bond motifs is 1. The Hall–Kier alpha value is -0.940. The first-order chi connectivity index (χ1) is 9.13. The van der Waals surface area contributed by atoms with Gasteiger partial charge >= 0.3 is 0 Å². The number of rotatable bonds is 5. The number of amides is 1. The molecule has 0 aromatic carbocycles. The molecular weight excluding hydrogens is 258 g/mol. The molecule has 1 aliphatic rings. The number of aryl methyl sites for hydroxylation is 1. The quantitative estimate of drug-likeness (QED) is 0.872. The number of nitrogens with one attached hydrogen (secondary N) is 1. The van der Waals surface area contributed by atoms with Crippen molar-refractivity contribution in [1.29, 1.82) is 0 Å². The van der Waals surface area contributed by atoms with Crippen LogP contribution >= 0.6 is 11.3 Å². The van der Waals surface area contributed by atoms with Crippen molar-refractivity contribution in [3.63, 3.8) is 0 Å². The Morgan fingerprint density at radius 3 is 3.05 bits per heavy atom. The van der Waals surface area contributed by atoms with Gasteiger partial charge in [-0.1, -0.05) is 26.7 Å². The van der Waals surface area contributed by atoms with Crippen LogP contribution in [0.5, 0.6) is 0 Å². The molecule has 1 aliphatic carbocycles. The number of hydrogen-bond donors (Lipinski definition) is 2. The predicted octanol–water partition coefficient (Wildman–Crippen LogP) is 2.72. The van der Waals surface area contributed by atoms with Crippen LogP contribution in [0.1, 0.15) is 50.1 Å². The second kappa shape index (κ2) is 6.48. The summed E-state index contributed by atoms with van der Waals surface area (Å²) in [6.45, 7) is 4.27. The molecular formula is C14H23N3OS. The summed E-state index contributed by atoms with van der Waals surface area (Å²) >= 11 is 1.62. The standard InChI is InChI=1S/C14H23N3OS/c1-3-5-10(15)13(18)17-14-16-11-7-6-9(4-2)8-12(11)19-14/h9-10H,3-8,15H2,1-2H3,(H,16,17,18). The highest BCUT2D eigenvalue weighted by atomic mass is 32.1. The van der Waals surface area contributed by atoms with E-state index in [-0.39, 0.29) is 5.91 Å². The summed E-state index contributed by atoms with van der Waals surface area (Å²) in [5.74, 6) is 0.666. The van der Waals surface area contributed by atoms with Crippen molar-refractivity contribution in [3.05, 3.63) is 10.6 Å². The molecule has 3 N–H and O–H groups in total. The van der Waals surface area contributed by atoms with Crippen molar-refractivity contribution in [2.45, 2.75) is 58.4 Å². The van der Waals surface area contributed by atoms with Crippen LogP contribution in [0.25, 0.3) is 0 Å². The maximum absolute atomic E-state index is 11.9. The lowest BCUT2D eigenvalue weighted by Gasteiger charge is -2.18. The van der Waals surface area contributed by atoms with Gasteiger partial charge in [0.25, 0.3) is 0 Å². The highest BCUT2D eigenvalue weighted by Gasteiger charge is 2.22. The number of carbonyl (C=O) groups excluding carboxylic acids is 1. The van der Waals surface area contributed by atoms with E-state index in [0.29, 0.717) is 0 Å². The summed E-state index contributed by atoms with van der Waals surface area (Å²) in [5, 5.41) is 3.58. The zero-order chi connectivity index (χ0) is 13.8. The van der Waals surface area contributed by atoms with E-state index in [2.05, 4.69) is 17.2 Å². The average Bonchev–Trinajstić information content (AvgIpc) is 2.79. The van der Waals surface area contributed by atoms with Crippen molar-refractivity contribution < 1.29 is 4.79 Å². The first-order valence-corrected chi connectivity index (χ1v) is 8.00. The Balaban J connectivity index is 1.99. The molecule has 2 atom stereocenters. The van der Waals surface area contributed by atoms with Gasteiger partial charge in [-0.2, -0.15) is 0 Å². The molecule has 0 radical (unpaired) electrons. The maximum Gasteiger partial charge on any atom is 0.243 e. The highest BCUT2D eigenvalue weighted by Crippen LogP contribution is 2.33. The molecule has 0 fully saturated rings. The Labute approximate surface area is 118 Å². The van der Waals surface area contributed by atoms with E-state index >= 15 is 0 Å². The van der Waals surface area contributed by atoms with Gasteiger partial charge in [-0.05, 0) is 31.6 Å². The van der Waals surface area contributed by atoms with Gasteiger partial charge in [0.2, 0.25) is 5.91 Å². The van der Waals surface area contributed by atoms with Crippen LogP contribution in [0.15, 0.2) is 0 Å². The summed E-state index contributed by atoms with van der Waals surface area (Å²) in [4.78, 5) is 17.7. The van der Waals surface area contributed by atoms with E-state index in [4.69, 9.17) is 5.73 Å². The van der Waals surface area contributed by atoms with Gasteiger partial charge in [0.05, 0.1) is 11.7 Å². The third-order valence-corrected chi connectivity index (χ3v) is 4.82. The second-order valence-corrected chi connectivity index (χ2v) is 6.37. The zero-order valence-electron chi connectivity index (χ0n) is 11.7. The molecule has 0 spiro atoms. The Kier molecular flexibility index (Phi) is 4.93. The first-order valence-electron chi connectivity index (χ1n) is 7.19. The number of anilines is 1. The molecule has 0 aliphatic heterocycles. The summed E-state index contributed by atoms with van der Waals surface area (Å²) in [5.41, 5.74) is 6.98. The van der Waals surface area contributed by atoms with E-state index < -0.39 is 6.04 Å². The van der Waals surface area contributed by atoms with Crippen molar-refractivity contribution in [2.24, 2.45) is 11.7 Å². The van der Waals surface area contributed by atoms with Crippen LogP contribution < -0.4 is 11.1 Å². The van der Waals surface area contributed by atoms with Crippen molar-refractivity contribution in [2.75, 3.05) is 5.32 Å². The van der Waals surface area contributed by atoms with E-state index in [9.17, 15) is 4.79 Å². The van der Waals surface area contributed by atoms with Gasteiger partial charge in [0, 0.05) is 4.88 Å². The minimum atomic E-state index is -0.422. The van der Waals surface area contributed by atoms with Crippen LogP contribution in [0.2, 0.25) is 0 Å². The van der Waals surface area contributed by atoms with Gasteiger partial charge in [0.1, 0.15) is 0 Å². The Morgan fingerprint density at radius 1 is 1.58 bits per heavy atom. The molecule has 0 saturated carbocycles. The lowest BCUT2D eigenvalue weighted by atomic mass is 9.89. The van der Waals surface area contributed by atoms with Gasteiger partial charge < -0.3 is 11.1 Å². The Bertz CT molecular complexity index is 444. The molecule has 5 heteroatoms. The van der Waals surface area contributed by atoms with Crippen LogP contribution in [0.4, 0.5) is 5.13 Å². The molecule has 1 heterocycles. The van der Waals surface area contributed by atoms with E-state index in [1.807, 2.05) is 6.92 Å².